The first-order chi connectivity index (χ1) is 1.73. The van der Waals surface area contributed by atoms with Gasteiger partial charge in [0.05, 0.1) is 0 Å². The third kappa shape index (κ3) is 45.3. The Kier molecular flexibility index (Phi) is 9.36. The monoisotopic (exact) mass is 218 g/mol. The molecule has 0 saturated carbocycles. The van der Waals surface area contributed by atoms with E-state index >= 15 is 0 Å². The van der Waals surface area contributed by atoms with E-state index in [1.165, 1.54) is 0 Å². The molecule has 0 aliphatic heterocycles. The topological polar surface area (TPSA) is 57.5 Å². The summed E-state index contributed by atoms with van der Waals surface area (Å²) >= 11 is 0. The molecule has 3 nitrogen and oxygen atoms in total. The van der Waals surface area contributed by atoms with E-state index in [0.717, 1.165) is 0 Å². The Bertz CT molecular complexity index is 29.9. The van der Waals surface area contributed by atoms with Gasteiger partial charge >= 0.3 is 9.17 Å². The molecule has 0 bridgehead atoms. The Labute approximate surface area is 64.3 Å². The largest absolute Gasteiger partial charge is 0.761 e. The molecular formula is H2CeO3Si. The van der Waals surface area contributed by atoms with Crippen LogP contribution in [0.5, 0.6) is 0 Å². The van der Waals surface area contributed by atoms with E-state index in [9.17, 15) is 0 Å². The minimum atomic E-state index is -3.13. The van der Waals surface area contributed by atoms with Crippen molar-refractivity contribution < 1.29 is 55.8 Å². The molecule has 0 aromatic carbocycles. The van der Waals surface area contributed by atoms with Gasteiger partial charge in [-0.25, -0.2) is 0 Å². The molecule has 0 aliphatic carbocycles. The minimum Gasteiger partial charge on any atom is -0.511 e. The third-order valence-electron chi connectivity index (χ3n) is 0. The predicted molar refractivity (Wildman–Crippen MR) is 10.9 cm³/mol. The molecule has 0 aliphatic rings. The first-order valence-corrected chi connectivity index (χ1v) is 1.95. The van der Waals surface area contributed by atoms with Crippen LogP contribution in [0, 0.1) is 41.7 Å². The zero-order valence-corrected chi connectivity index (χ0v) is 6.44. The van der Waals surface area contributed by atoms with Gasteiger partial charge in [0, 0.05) is 41.7 Å². The van der Waals surface area contributed by atoms with Crippen LogP contribution < -0.4 is 0 Å². The average Bonchev–Trinajstić information content (AvgIpc) is 0.811. The minimum absolute atomic E-state index is 0. The van der Waals surface area contributed by atoms with Crippen LogP contribution >= 0.6 is 0 Å². The fourth-order valence-electron chi connectivity index (χ4n) is 0. The van der Waals surface area contributed by atoms with Gasteiger partial charge in [0.2, 0.25) is 0 Å². The summed E-state index contributed by atoms with van der Waals surface area (Å²) in [6.07, 6.45) is 0. The van der Waals surface area contributed by atoms with Crippen molar-refractivity contribution in [2.24, 2.45) is 0 Å². The summed E-state index contributed by atoms with van der Waals surface area (Å²) in [6, 6.07) is 0. The summed E-state index contributed by atoms with van der Waals surface area (Å²) in [5.41, 5.74) is 0. The van der Waals surface area contributed by atoms with E-state index < -0.39 is 9.17 Å². The van der Waals surface area contributed by atoms with Gasteiger partial charge in [-0.3, -0.25) is 4.46 Å². The quantitative estimate of drug-likeness (QED) is 0.481. The fourth-order valence-corrected chi connectivity index (χ4v) is 0. The predicted octanol–water partition coefficient (Wildman–Crippen LogP) is -1.61. The van der Waals surface area contributed by atoms with Crippen molar-refractivity contribution in [3.8, 4) is 0 Å². The maximum atomic E-state index is 8.74. The van der Waals surface area contributed by atoms with Crippen LogP contribution in [0.2, 0.25) is 0 Å². The fraction of sp³-hybridized carbons (Fsp3) is 0. The Hall–Kier alpha value is 0.994. The van der Waals surface area contributed by atoms with Crippen LogP contribution in [0.3, 0.4) is 0 Å². The van der Waals surface area contributed by atoms with E-state index in [-0.39, 0.29) is 41.7 Å². The summed E-state index contributed by atoms with van der Waals surface area (Å²) in [5.74, 6) is 0. The summed E-state index contributed by atoms with van der Waals surface area (Å²) in [6.45, 7) is 0. The van der Waals surface area contributed by atoms with Crippen LogP contribution in [0.4, 0.5) is 0 Å². The molecular weight excluding hydrogens is 216 g/mol. The van der Waals surface area contributed by atoms with Gasteiger partial charge in [-0.15, -0.1) is 0 Å². The van der Waals surface area contributed by atoms with Crippen LogP contribution in [0.15, 0.2) is 0 Å². The van der Waals surface area contributed by atoms with Crippen LogP contribution in [0.1, 0.15) is 0 Å². The van der Waals surface area contributed by atoms with E-state index in [2.05, 4.69) is 0 Å². The molecule has 5 heteroatoms. The van der Waals surface area contributed by atoms with Crippen LogP contribution in [-0.2, 0) is 4.46 Å². The van der Waals surface area contributed by atoms with Gasteiger partial charge in [-0.2, -0.15) is 0 Å². The molecule has 0 fully saturated rings. The summed E-state index contributed by atoms with van der Waals surface area (Å²) < 4.78 is 8.74. The molecule has 0 saturated heterocycles. The zero-order valence-electron chi connectivity index (χ0n) is 2.30. The van der Waals surface area contributed by atoms with Crippen molar-refractivity contribution in [3.05, 3.63) is 0 Å². The number of hydrogen-bond donors (Lipinski definition) is 2. The van der Waals surface area contributed by atoms with Crippen molar-refractivity contribution in [3.63, 3.8) is 0 Å². The number of hydrogen-bond acceptors (Lipinski definition) is 1. The van der Waals surface area contributed by atoms with Crippen LogP contribution in [-0.4, -0.2) is 18.8 Å². The van der Waals surface area contributed by atoms with Gasteiger partial charge in [0.1, 0.15) is 0 Å². The second kappa shape index (κ2) is 4.99. The maximum Gasteiger partial charge on any atom is 0.761 e. The second-order valence-corrected chi connectivity index (χ2v) is 0.848. The van der Waals surface area contributed by atoms with E-state index in [1.807, 2.05) is 0 Å². The van der Waals surface area contributed by atoms with Crippen molar-refractivity contribution in [2.45, 2.75) is 0 Å². The van der Waals surface area contributed by atoms with Gasteiger partial charge in [-0.1, -0.05) is 0 Å². The molecule has 28 valence electrons. The maximum absolute atomic E-state index is 8.74. The van der Waals surface area contributed by atoms with Gasteiger partial charge in [0.25, 0.3) is 0 Å². The third-order valence-corrected chi connectivity index (χ3v) is 0. The zero-order chi connectivity index (χ0) is 3.58. The SMILES string of the molecule is O=[Si](O)O.[Ce]. The molecule has 0 atom stereocenters. The molecule has 2 N–H and O–H groups in total. The van der Waals surface area contributed by atoms with Crippen molar-refractivity contribution in [2.75, 3.05) is 0 Å². The first-order valence-electron chi connectivity index (χ1n) is 0.651. The average molecular weight is 218 g/mol. The summed E-state index contributed by atoms with van der Waals surface area (Å²) in [4.78, 5) is 14.3. The Balaban J connectivity index is 0. The van der Waals surface area contributed by atoms with Crippen molar-refractivity contribution >= 4 is 9.17 Å². The van der Waals surface area contributed by atoms with Crippen molar-refractivity contribution in [1.29, 1.82) is 0 Å². The second-order valence-electron chi connectivity index (χ2n) is 0.283. The molecule has 5 heavy (non-hydrogen) atoms. The molecule has 0 amide bonds. The normalized spacial score (nSPS) is 4.80. The van der Waals surface area contributed by atoms with Gasteiger partial charge in [-0.05, 0) is 0 Å². The molecule has 0 aromatic heterocycles. The van der Waals surface area contributed by atoms with E-state index in [1.54, 1.807) is 0 Å². The van der Waals surface area contributed by atoms with Gasteiger partial charge in [0.15, 0.2) is 0 Å². The summed E-state index contributed by atoms with van der Waals surface area (Å²) in [5, 5.41) is 0. The molecule has 0 rings (SSSR count). The van der Waals surface area contributed by atoms with E-state index in [0.29, 0.717) is 0 Å². The van der Waals surface area contributed by atoms with Gasteiger partial charge < -0.3 is 9.59 Å². The standard InChI is InChI=1S/Ce.H2O3Si/c;1-4(2)3/h;1-2H. The molecule has 0 heterocycles. The summed E-state index contributed by atoms with van der Waals surface area (Å²) in [7, 11) is -3.13. The molecule has 0 unspecified atom stereocenters. The molecule has 0 radical (unpaired) electrons. The van der Waals surface area contributed by atoms with Crippen LogP contribution in [0.25, 0.3) is 0 Å². The first kappa shape index (κ1) is 9.37. The Morgan fingerprint density at radius 1 is 1.40 bits per heavy atom. The molecule has 0 aromatic rings. The van der Waals surface area contributed by atoms with E-state index in [4.69, 9.17) is 14.1 Å². The smallest absolute Gasteiger partial charge is 0.511 e. The Morgan fingerprint density at radius 3 is 1.40 bits per heavy atom. The van der Waals surface area contributed by atoms with Crippen molar-refractivity contribution in [1.82, 2.24) is 0 Å². The Morgan fingerprint density at radius 2 is 1.40 bits per heavy atom. The molecule has 0 spiro atoms. The number of rotatable bonds is 0.